The van der Waals surface area contributed by atoms with Crippen LogP contribution >= 0.6 is 23.4 Å². The summed E-state index contributed by atoms with van der Waals surface area (Å²) in [7, 11) is 0. The van der Waals surface area contributed by atoms with Gasteiger partial charge in [0.05, 0.1) is 11.4 Å². The van der Waals surface area contributed by atoms with Crippen LogP contribution in [0.1, 0.15) is 12.8 Å². The Morgan fingerprint density at radius 3 is 2.93 bits per heavy atom. The van der Waals surface area contributed by atoms with Gasteiger partial charge in [0, 0.05) is 24.2 Å². The number of allylic oxidation sites excluding steroid dienone is 1. The second-order valence-electron chi connectivity index (χ2n) is 3.71. The smallest absolute Gasteiger partial charge is 0.117 e. The highest BCUT2D eigenvalue weighted by molar-refractivity contribution is 6.26. The second kappa shape index (κ2) is 2.67. The van der Waals surface area contributed by atoms with Gasteiger partial charge >= 0.3 is 0 Å². The van der Waals surface area contributed by atoms with Crippen molar-refractivity contribution in [1.82, 2.24) is 9.32 Å². The summed E-state index contributed by atoms with van der Waals surface area (Å²) in [4.78, 5) is 6.32. The van der Waals surface area contributed by atoms with Crippen LogP contribution < -0.4 is 0 Å². The van der Waals surface area contributed by atoms with E-state index in [1.165, 1.54) is 4.42 Å². The van der Waals surface area contributed by atoms with E-state index in [1.807, 2.05) is 12.3 Å². The molecule has 1 fully saturated rings. The fourth-order valence-electron chi connectivity index (χ4n) is 1.73. The first-order valence-corrected chi connectivity index (χ1v) is 5.26. The van der Waals surface area contributed by atoms with Gasteiger partial charge in [-0.3, -0.25) is 9.41 Å². The standard InChI is InChI=1S/C9H9Cl2N3/c10-9(2-3-9)14-6-12-7-1-4-13(11)5-8(7)14/h1,4-5H,2-3,6H2. The average Bonchev–Trinajstić information content (AvgIpc) is 2.77. The third kappa shape index (κ3) is 1.16. The Hall–Kier alpha value is -0.670. The highest BCUT2D eigenvalue weighted by Gasteiger charge is 2.49. The lowest BCUT2D eigenvalue weighted by atomic mass is 10.2. The Kier molecular flexibility index (Phi) is 1.65. The molecule has 0 unspecified atom stereocenters. The van der Waals surface area contributed by atoms with Gasteiger partial charge in [0.1, 0.15) is 11.7 Å². The molecule has 0 aromatic rings. The van der Waals surface area contributed by atoms with E-state index in [0.29, 0.717) is 6.67 Å². The Bertz CT molecular complexity index is 368. The van der Waals surface area contributed by atoms with Crippen LogP contribution in [0.25, 0.3) is 0 Å². The van der Waals surface area contributed by atoms with Crippen molar-refractivity contribution < 1.29 is 0 Å². The van der Waals surface area contributed by atoms with Crippen molar-refractivity contribution in [2.75, 3.05) is 6.67 Å². The molecule has 0 radical (unpaired) electrons. The number of hydrogen-bond acceptors (Lipinski definition) is 3. The minimum absolute atomic E-state index is 0.194. The van der Waals surface area contributed by atoms with E-state index in [9.17, 15) is 0 Å². The van der Waals surface area contributed by atoms with Crippen LogP contribution in [0, 0.1) is 0 Å². The summed E-state index contributed by atoms with van der Waals surface area (Å²) in [6, 6.07) is 0. The molecule has 3 rings (SSSR count). The van der Waals surface area contributed by atoms with Gasteiger partial charge in [0.15, 0.2) is 0 Å². The van der Waals surface area contributed by atoms with E-state index in [1.54, 1.807) is 6.20 Å². The molecule has 3 nitrogen and oxygen atoms in total. The van der Waals surface area contributed by atoms with Crippen molar-refractivity contribution in [3.05, 3.63) is 24.2 Å². The molecule has 2 aliphatic heterocycles. The third-order valence-corrected chi connectivity index (χ3v) is 3.49. The number of rotatable bonds is 1. The summed E-state index contributed by atoms with van der Waals surface area (Å²) in [5.74, 6) is 0. The van der Waals surface area contributed by atoms with Crippen molar-refractivity contribution >= 4 is 29.1 Å². The number of hydrogen-bond donors (Lipinski definition) is 0. The molecular weight excluding hydrogens is 221 g/mol. The minimum atomic E-state index is -0.194. The summed E-state index contributed by atoms with van der Waals surface area (Å²) in [6.45, 7) is 0.653. The molecule has 0 aromatic heterocycles. The zero-order valence-electron chi connectivity index (χ0n) is 7.45. The fourth-order valence-corrected chi connectivity index (χ4v) is 2.12. The SMILES string of the molecule is ClN1C=CC2=NCN(C3(Cl)CC3)C2=C1. The van der Waals surface area contributed by atoms with Crippen LogP contribution in [0.5, 0.6) is 0 Å². The lowest BCUT2D eigenvalue weighted by Crippen LogP contribution is -2.32. The number of halogens is 2. The van der Waals surface area contributed by atoms with Crippen molar-refractivity contribution in [2.45, 2.75) is 17.8 Å². The molecule has 0 spiro atoms. The lowest BCUT2D eigenvalue weighted by Gasteiger charge is -2.26. The largest absolute Gasteiger partial charge is 0.330 e. The highest BCUT2D eigenvalue weighted by atomic mass is 35.5. The number of fused-ring (bicyclic) bond motifs is 1. The monoisotopic (exact) mass is 229 g/mol. The Morgan fingerprint density at radius 1 is 1.43 bits per heavy atom. The zero-order valence-corrected chi connectivity index (χ0v) is 8.96. The molecule has 0 atom stereocenters. The first-order valence-electron chi connectivity index (χ1n) is 4.55. The molecular formula is C9H9Cl2N3. The van der Waals surface area contributed by atoms with Gasteiger partial charge in [-0.2, -0.15) is 0 Å². The number of alkyl halides is 1. The molecule has 5 heteroatoms. The van der Waals surface area contributed by atoms with Crippen molar-refractivity contribution in [2.24, 2.45) is 4.99 Å². The summed E-state index contributed by atoms with van der Waals surface area (Å²) >= 11 is 12.2. The molecule has 0 saturated heterocycles. The van der Waals surface area contributed by atoms with Crippen LogP contribution in [0.2, 0.25) is 0 Å². The third-order valence-electron chi connectivity index (χ3n) is 2.70. The molecule has 2 heterocycles. The average molecular weight is 230 g/mol. The summed E-state index contributed by atoms with van der Waals surface area (Å²) in [6.07, 6.45) is 7.60. The first kappa shape index (κ1) is 8.62. The Morgan fingerprint density at radius 2 is 2.21 bits per heavy atom. The highest BCUT2D eigenvalue weighted by Crippen LogP contribution is 2.49. The van der Waals surface area contributed by atoms with Gasteiger partial charge in [0.2, 0.25) is 0 Å². The van der Waals surface area contributed by atoms with Gasteiger partial charge in [-0.05, 0) is 18.9 Å². The normalized spacial score (nSPS) is 27.3. The van der Waals surface area contributed by atoms with E-state index in [0.717, 1.165) is 24.3 Å². The second-order valence-corrected chi connectivity index (χ2v) is 4.80. The minimum Gasteiger partial charge on any atom is -0.330 e. The van der Waals surface area contributed by atoms with Crippen LogP contribution in [0.4, 0.5) is 0 Å². The van der Waals surface area contributed by atoms with Gasteiger partial charge < -0.3 is 4.90 Å². The van der Waals surface area contributed by atoms with E-state index in [4.69, 9.17) is 23.4 Å². The van der Waals surface area contributed by atoms with Gasteiger partial charge in [-0.25, -0.2) is 0 Å². The van der Waals surface area contributed by atoms with Crippen LogP contribution in [0.15, 0.2) is 29.2 Å². The summed E-state index contributed by atoms with van der Waals surface area (Å²) in [5, 5.41) is 0. The molecule has 0 amide bonds. The molecule has 0 aromatic carbocycles. The van der Waals surface area contributed by atoms with Crippen LogP contribution in [-0.2, 0) is 0 Å². The maximum atomic E-state index is 6.34. The molecule has 0 N–H and O–H groups in total. The van der Waals surface area contributed by atoms with Gasteiger partial charge in [-0.15, -0.1) is 0 Å². The number of aliphatic imine (C=N–C) groups is 1. The topological polar surface area (TPSA) is 18.8 Å². The van der Waals surface area contributed by atoms with Gasteiger partial charge in [-0.1, -0.05) is 11.6 Å². The maximum Gasteiger partial charge on any atom is 0.117 e. The molecule has 14 heavy (non-hydrogen) atoms. The molecule has 1 saturated carbocycles. The van der Waals surface area contributed by atoms with E-state index in [-0.39, 0.29) is 5.00 Å². The first-order chi connectivity index (χ1) is 6.69. The zero-order chi connectivity index (χ0) is 9.76. The molecule has 3 aliphatic rings. The summed E-state index contributed by atoms with van der Waals surface area (Å²) < 4.78 is 1.51. The van der Waals surface area contributed by atoms with E-state index < -0.39 is 0 Å². The predicted molar refractivity (Wildman–Crippen MR) is 56.9 cm³/mol. The molecule has 1 aliphatic carbocycles. The van der Waals surface area contributed by atoms with Crippen molar-refractivity contribution in [3.8, 4) is 0 Å². The van der Waals surface area contributed by atoms with Gasteiger partial charge in [0.25, 0.3) is 0 Å². The summed E-state index contributed by atoms with van der Waals surface area (Å²) in [5.41, 5.74) is 2.02. The molecule has 74 valence electrons. The van der Waals surface area contributed by atoms with E-state index in [2.05, 4.69) is 9.89 Å². The Labute approximate surface area is 92.4 Å². The number of nitrogens with zero attached hydrogens (tertiary/aromatic N) is 3. The molecule has 0 bridgehead atoms. The maximum absolute atomic E-state index is 6.34. The van der Waals surface area contributed by atoms with Crippen molar-refractivity contribution in [1.29, 1.82) is 0 Å². The quantitative estimate of drug-likeness (QED) is 0.391. The lowest BCUT2D eigenvalue weighted by molar-refractivity contribution is 0.341. The Balaban J connectivity index is 1.94. The van der Waals surface area contributed by atoms with Crippen molar-refractivity contribution in [3.63, 3.8) is 0 Å². The van der Waals surface area contributed by atoms with Crippen LogP contribution in [0.3, 0.4) is 0 Å². The van der Waals surface area contributed by atoms with E-state index >= 15 is 0 Å². The van der Waals surface area contributed by atoms with Crippen LogP contribution in [-0.4, -0.2) is 26.7 Å². The fraction of sp³-hybridized carbons (Fsp3) is 0.444. The predicted octanol–water partition coefficient (Wildman–Crippen LogP) is 2.25.